The fraction of sp³-hybridized carbons (Fsp3) is 0.375. The first kappa shape index (κ1) is 10.3. The molecule has 0 N–H and O–H groups in total. The summed E-state index contributed by atoms with van der Waals surface area (Å²) in [4.78, 5) is 19.5. The Kier molecular flexibility index (Phi) is 2.83. The zero-order valence-corrected chi connectivity index (χ0v) is 9.31. The van der Waals surface area contributed by atoms with Crippen molar-refractivity contribution in [1.29, 1.82) is 0 Å². The lowest BCUT2D eigenvalue weighted by Gasteiger charge is -2.14. The second-order valence-electron chi connectivity index (χ2n) is 3.04. The number of pyridine rings is 1. The van der Waals surface area contributed by atoms with Crippen LogP contribution in [0.15, 0.2) is 16.7 Å². The molecule has 2 heterocycles. The minimum absolute atomic E-state index is 0.0497. The van der Waals surface area contributed by atoms with Gasteiger partial charge in [-0.3, -0.25) is 15.0 Å². The molecule has 1 aromatic rings. The highest BCUT2D eigenvalue weighted by Crippen LogP contribution is 2.30. The first-order valence-electron chi connectivity index (χ1n) is 4.39. The summed E-state index contributed by atoms with van der Waals surface area (Å²) >= 11 is 3.15. The summed E-state index contributed by atoms with van der Waals surface area (Å²) in [6.45, 7) is 1.21. The van der Waals surface area contributed by atoms with E-state index in [-0.39, 0.29) is 11.5 Å². The van der Waals surface area contributed by atoms with Crippen molar-refractivity contribution in [3.8, 4) is 0 Å². The van der Waals surface area contributed by atoms with Gasteiger partial charge < -0.3 is 0 Å². The maximum absolute atomic E-state index is 10.8. The molecular weight excluding hydrogens is 266 g/mol. The average Bonchev–Trinajstić information content (AvgIpc) is 2.70. The summed E-state index contributed by atoms with van der Waals surface area (Å²) in [5, 5.41) is 12.3. The Bertz CT molecular complexity index is 393. The van der Waals surface area contributed by atoms with E-state index < -0.39 is 4.92 Å². The van der Waals surface area contributed by atoms with Crippen LogP contribution in [0.4, 0.5) is 11.5 Å². The topological polar surface area (TPSA) is 68.5 Å². The van der Waals surface area contributed by atoms with E-state index >= 15 is 0 Å². The third kappa shape index (κ3) is 2.07. The smallest absolute Gasteiger partial charge is 0.272 e. The molecule has 1 fully saturated rings. The predicted molar refractivity (Wildman–Crippen MR) is 56.5 cm³/mol. The second kappa shape index (κ2) is 4.11. The van der Waals surface area contributed by atoms with Crippen molar-refractivity contribution in [2.45, 2.75) is 6.42 Å². The molecule has 2 rings (SSSR count). The van der Waals surface area contributed by atoms with Gasteiger partial charge in [-0.25, -0.2) is 10.0 Å². The number of anilines is 1. The molecule has 1 aliphatic rings. The number of hydrogen-bond acceptors (Lipinski definition) is 5. The number of hydrogen-bond donors (Lipinski definition) is 0. The van der Waals surface area contributed by atoms with Gasteiger partial charge >= 0.3 is 5.69 Å². The van der Waals surface area contributed by atoms with Crippen molar-refractivity contribution in [3.63, 3.8) is 0 Å². The predicted octanol–water partition coefficient (Wildman–Crippen LogP) is 1.89. The normalized spacial score (nSPS) is 15.7. The van der Waals surface area contributed by atoms with E-state index in [4.69, 9.17) is 4.84 Å². The minimum Gasteiger partial charge on any atom is -0.272 e. The number of aromatic nitrogens is 1. The summed E-state index contributed by atoms with van der Waals surface area (Å²) in [6, 6.07) is 1.42. The van der Waals surface area contributed by atoms with E-state index in [1.54, 1.807) is 0 Å². The highest BCUT2D eigenvalue weighted by Gasteiger charge is 2.24. The zero-order chi connectivity index (χ0) is 10.8. The van der Waals surface area contributed by atoms with E-state index in [0.29, 0.717) is 17.6 Å². The fourth-order valence-corrected chi connectivity index (χ4v) is 1.68. The summed E-state index contributed by atoms with van der Waals surface area (Å²) in [7, 11) is 0. The van der Waals surface area contributed by atoms with Crippen LogP contribution in [0.5, 0.6) is 0 Å². The Labute approximate surface area is 94.1 Å². The largest absolute Gasteiger partial charge is 0.314 e. The van der Waals surface area contributed by atoms with Crippen LogP contribution in [0.2, 0.25) is 0 Å². The Morgan fingerprint density at radius 3 is 3.07 bits per heavy atom. The molecule has 0 aliphatic carbocycles. The third-order valence-electron chi connectivity index (χ3n) is 2.00. The highest BCUT2D eigenvalue weighted by atomic mass is 79.9. The number of nitro groups is 1. The zero-order valence-electron chi connectivity index (χ0n) is 7.72. The van der Waals surface area contributed by atoms with E-state index in [0.717, 1.165) is 6.42 Å². The van der Waals surface area contributed by atoms with Gasteiger partial charge in [0, 0.05) is 23.3 Å². The van der Waals surface area contributed by atoms with Crippen LogP contribution >= 0.6 is 15.9 Å². The molecule has 80 valence electrons. The molecule has 1 aliphatic heterocycles. The van der Waals surface area contributed by atoms with E-state index in [1.165, 1.54) is 17.3 Å². The van der Waals surface area contributed by atoms with Crippen molar-refractivity contribution in [2.24, 2.45) is 0 Å². The highest BCUT2D eigenvalue weighted by molar-refractivity contribution is 9.10. The lowest BCUT2D eigenvalue weighted by molar-refractivity contribution is -0.384. The molecular formula is C8H8BrN3O3. The minimum atomic E-state index is -0.464. The molecule has 6 nitrogen and oxygen atoms in total. The summed E-state index contributed by atoms with van der Waals surface area (Å²) in [5.74, 6) is 0.265. The molecule has 0 amide bonds. The van der Waals surface area contributed by atoms with E-state index in [9.17, 15) is 10.1 Å². The molecule has 7 heteroatoms. The van der Waals surface area contributed by atoms with Crippen LogP contribution in [-0.4, -0.2) is 23.1 Å². The van der Waals surface area contributed by atoms with Crippen LogP contribution in [0.1, 0.15) is 6.42 Å². The van der Waals surface area contributed by atoms with Crippen molar-refractivity contribution < 1.29 is 9.76 Å². The number of rotatable bonds is 2. The van der Waals surface area contributed by atoms with Gasteiger partial charge in [-0.2, -0.15) is 0 Å². The van der Waals surface area contributed by atoms with Crippen molar-refractivity contribution >= 4 is 27.4 Å². The standard InChI is InChI=1S/C8H8BrN3O3/c9-6-4-7(12(13)14)8(10-5-6)11-2-1-3-15-11/h4-5H,1-3H2. The summed E-state index contributed by atoms with van der Waals surface area (Å²) < 4.78 is 0.581. The SMILES string of the molecule is O=[N+]([O-])c1cc(Br)cnc1N1CCCO1. The molecule has 0 bridgehead atoms. The Morgan fingerprint density at radius 1 is 1.67 bits per heavy atom. The van der Waals surface area contributed by atoms with Gasteiger partial charge in [0.25, 0.3) is 0 Å². The Balaban J connectivity index is 2.40. The van der Waals surface area contributed by atoms with Crippen LogP contribution in [0, 0.1) is 10.1 Å². The van der Waals surface area contributed by atoms with Crippen molar-refractivity contribution in [1.82, 2.24) is 4.98 Å². The fourth-order valence-electron chi connectivity index (χ4n) is 1.36. The Hall–Kier alpha value is -1.21. The first-order chi connectivity index (χ1) is 7.18. The molecule has 0 unspecified atom stereocenters. The first-order valence-corrected chi connectivity index (χ1v) is 5.18. The molecule has 0 spiro atoms. The van der Waals surface area contributed by atoms with E-state index in [2.05, 4.69) is 20.9 Å². The second-order valence-corrected chi connectivity index (χ2v) is 3.96. The van der Waals surface area contributed by atoms with Crippen LogP contribution in [0.25, 0.3) is 0 Å². The lowest BCUT2D eigenvalue weighted by atomic mass is 10.4. The van der Waals surface area contributed by atoms with Gasteiger partial charge in [0.05, 0.1) is 11.5 Å². The molecule has 1 aromatic heterocycles. The molecule has 0 atom stereocenters. The third-order valence-corrected chi connectivity index (χ3v) is 2.43. The van der Waals surface area contributed by atoms with Crippen molar-refractivity contribution in [3.05, 3.63) is 26.9 Å². The molecule has 0 radical (unpaired) electrons. The molecule has 15 heavy (non-hydrogen) atoms. The number of nitrogens with zero attached hydrogens (tertiary/aromatic N) is 3. The van der Waals surface area contributed by atoms with Gasteiger partial charge in [-0.05, 0) is 22.4 Å². The van der Waals surface area contributed by atoms with Crippen LogP contribution in [-0.2, 0) is 4.84 Å². The molecule has 0 aromatic carbocycles. The van der Waals surface area contributed by atoms with Crippen LogP contribution in [0.3, 0.4) is 0 Å². The van der Waals surface area contributed by atoms with Crippen LogP contribution < -0.4 is 5.06 Å². The maximum atomic E-state index is 10.8. The van der Waals surface area contributed by atoms with Gasteiger partial charge in [0.2, 0.25) is 5.82 Å². The Morgan fingerprint density at radius 2 is 2.47 bits per heavy atom. The number of halogens is 1. The van der Waals surface area contributed by atoms with Gasteiger partial charge in [-0.1, -0.05) is 0 Å². The summed E-state index contributed by atoms with van der Waals surface area (Å²) in [6.07, 6.45) is 2.37. The molecule has 0 saturated carbocycles. The van der Waals surface area contributed by atoms with Gasteiger partial charge in [0.15, 0.2) is 0 Å². The average molecular weight is 274 g/mol. The number of hydroxylamine groups is 1. The lowest BCUT2D eigenvalue weighted by Crippen LogP contribution is -2.18. The quantitative estimate of drug-likeness (QED) is 0.608. The maximum Gasteiger partial charge on any atom is 0.314 e. The van der Waals surface area contributed by atoms with Crippen molar-refractivity contribution in [2.75, 3.05) is 18.2 Å². The van der Waals surface area contributed by atoms with Gasteiger partial charge in [0.1, 0.15) is 0 Å². The summed E-state index contributed by atoms with van der Waals surface area (Å²) in [5.41, 5.74) is -0.0497. The van der Waals surface area contributed by atoms with Gasteiger partial charge in [-0.15, -0.1) is 0 Å². The van der Waals surface area contributed by atoms with E-state index in [1.807, 2.05) is 0 Å². The monoisotopic (exact) mass is 273 g/mol. The molecule has 1 saturated heterocycles.